The molecule has 1 aromatic rings. The van der Waals surface area contributed by atoms with Crippen LogP contribution < -0.4 is 18.9 Å². The molecule has 1 unspecified atom stereocenters. The van der Waals surface area contributed by atoms with E-state index in [1.54, 1.807) is 14.2 Å². The molecule has 0 amide bonds. The van der Waals surface area contributed by atoms with Crippen LogP contribution in [0.25, 0.3) is 0 Å². The van der Waals surface area contributed by atoms with Crippen molar-refractivity contribution in [1.29, 1.82) is 0 Å². The van der Waals surface area contributed by atoms with Gasteiger partial charge in [0.05, 0.1) is 40.6 Å². The van der Waals surface area contributed by atoms with Gasteiger partial charge < -0.3 is 23.7 Å². The Morgan fingerprint density at radius 2 is 1.40 bits per heavy atom. The Morgan fingerprint density at radius 3 is 2.00 bits per heavy atom. The van der Waals surface area contributed by atoms with Crippen molar-refractivity contribution >= 4 is 11.8 Å². The van der Waals surface area contributed by atoms with Crippen molar-refractivity contribution < 1.29 is 33.3 Å². The minimum Gasteiger partial charge on any atom is -0.492 e. The van der Waals surface area contributed by atoms with Crippen LogP contribution in [-0.2, 0) is 16.0 Å². The average molecular weight is 423 g/mol. The SMILES string of the molecule is CCOC(=O)CCCCCCCC1Cc2c(OC)c(OC)c(OC)c(OC)c2C1=O. The van der Waals surface area contributed by atoms with E-state index in [2.05, 4.69) is 0 Å². The molecule has 0 N–H and O–H groups in total. The van der Waals surface area contributed by atoms with Gasteiger partial charge in [0, 0.05) is 17.9 Å². The van der Waals surface area contributed by atoms with Crippen molar-refractivity contribution in [2.45, 2.75) is 58.3 Å². The fourth-order valence-corrected chi connectivity index (χ4v) is 4.14. The maximum Gasteiger partial charge on any atom is 0.305 e. The van der Waals surface area contributed by atoms with Gasteiger partial charge in [-0.3, -0.25) is 9.59 Å². The third kappa shape index (κ3) is 5.18. The Kier molecular flexibility index (Phi) is 9.27. The van der Waals surface area contributed by atoms with Crippen LogP contribution in [-0.4, -0.2) is 46.8 Å². The first-order valence-corrected chi connectivity index (χ1v) is 10.6. The van der Waals surface area contributed by atoms with E-state index in [0.29, 0.717) is 48.0 Å². The molecule has 0 fully saturated rings. The Bertz CT molecular complexity index is 742. The molecule has 1 aliphatic rings. The number of ketones is 1. The normalized spacial score (nSPS) is 15.0. The van der Waals surface area contributed by atoms with Gasteiger partial charge in [0.1, 0.15) is 0 Å². The Hall–Kier alpha value is -2.44. The lowest BCUT2D eigenvalue weighted by Gasteiger charge is -2.19. The van der Waals surface area contributed by atoms with E-state index in [9.17, 15) is 9.59 Å². The van der Waals surface area contributed by atoms with Gasteiger partial charge in [0.15, 0.2) is 17.3 Å². The molecule has 0 aromatic heterocycles. The smallest absolute Gasteiger partial charge is 0.305 e. The number of esters is 1. The van der Waals surface area contributed by atoms with E-state index in [1.807, 2.05) is 6.92 Å². The van der Waals surface area contributed by atoms with Gasteiger partial charge in [-0.1, -0.05) is 25.7 Å². The summed E-state index contributed by atoms with van der Waals surface area (Å²) in [4.78, 5) is 24.5. The molecule has 7 nitrogen and oxygen atoms in total. The summed E-state index contributed by atoms with van der Waals surface area (Å²) in [6.07, 6.45) is 6.77. The summed E-state index contributed by atoms with van der Waals surface area (Å²) in [6.45, 7) is 2.25. The lowest BCUT2D eigenvalue weighted by Crippen LogP contribution is -2.10. The number of rotatable bonds is 13. The van der Waals surface area contributed by atoms with Gasteiger partial charge in [-0.25, -0.2) is 0 Å². The van der Waals surface area contributed by atoms with Gasteiger partial charge in [-0.2, -0.15) is 0 Å². The first kappa shape index (κ1) is 23.8. The highest BCUT2D eigenvalue weighted by Crippen LogP contribution is 2.53. The molecule has 7 heteroatoms. The third-order valence-corrected chi connectivity index (χ3v) is 5.54. The van der Waals surface area contributed by atoms with E-state index in [-0.39, 0.29) is 17.7 Å². The Morgan fingerprint density at radius 1 is 0.833 bits per heavy atom. The molecule has 0 heterocycles. The number of benzene rings is 1. The van der Waals surface area contributed by atoms with Crippen LogP contribution in [0.2, 0.25) is 0 Å². The maximum atomic E-state index is 13.1. The molecule has 0 radical (unpaired) electrons. The number of carbonyl (C=O) groups excluding carboxylic acids is 2. The predicted octanol–water partition coefficient (Wildman–Crippen LogP) is 4.37. The van der Waals surface area contributed by atoms with Crippen LogP contribution in [0.15, 0.2) is 0 Å². The second-order valence-electron chi connectivity index (χ2n) is 7.36. The van der Waals surface area contributed by atoms with Crippen molar-refractivity contribution in [2.24, 2.45) is 5.92 Å². The fraction of sp³-hybridized carbons (Fsp3) is 0.652. The first-order chi connectivity index (χ1) is 14.5. The highest BCUT2D eigenvalue weighted by molar-refractivity contribution is 6.07. The van der Waals surface area contributed by atoms with Gasteiger partial charge in [-0.05, 0) is 26.2 Å². The zero-order valence-corrected chi connectivity index (χ0v) is 18.8. The van der Waals surface area contributed by atoms with Crippen LogP contribution in [0.4, 0.5) is 0 Å². The van der Waals surface area contributed by atoms with E-state index in [4.69, 9.17) is 23.7 Å². The van der Waals surface area contributed by atoms with Crippen LogP contribution in [0.3, 0.4) is 0 Å². The molecule has 0 aliphatic heterocycles. The molecular weight excluding hydrogens is 388 g/mol. The molecule has 0 saturated carbocycles. The Balaban J connectivity index is 1.96. The van der Waals surface area contributed by atoms with Gasteiger partial charge in [-0.15, -0.1) is 0 Å². The topological polar surface area (TPSA) is 80.3 Å². The van der Waals surface area contributed by atoms with Gasteiger partial charge >= 0.3 is 5.97 Å². The summed E-state index contributed by atoms with van der Waals surface area (Å²) < 4.78 is 27.0. The number of methoxy groups -OCH3 is 4. The van der Waals surface area contributed by atoms with E-state index < -0.39 is 0 Å². The maximum absolute atomic E-state index is 13.1. The number of hydrogen-bond donors (Lipinski definition) is 0. The number of carbonyl (C=O) groups is 2. The zero-order valence-electron chi connectivity index (χ0n) is 18.8. The Labute approximate surface area is 179 Å². The molecule has 30 heavy (non-hydrogen) atoms. The number of Topliss-reactive ketones (excluding diaryl/α,β-unsaturated/α-hetero) is 1. The minimum absolute atomic E-state index is 0.0726. The van der Waals surface area contributed by atoms with Crippen LogP contribution >= 0.6 is 0 Å². The van der Waals surface area contributed by atoms with Crippen molar-refractivity contribution in [3.63, 3.8) is 0 Å². The van der Waals surface area contributed by atoms with E-state index in [0.717, 1.165) is 44.1 Å². The van der Waals surface area contributed by atoms with E-state index >= 15 is 0 Å². The highest BCUT2D eigenvalue weighted by atomic mass is 16.5. The number of unbranched alkanes of at least 4 members (excludes halogenated alkanes) is 4. The number of fused-ring (bicyclic) bond motifs is 1. The van der Waals surface area contributed by atoms with Gasteiger partial charge in [0.2, 0.25) is 11.5 Å². The van der Waals surface area contributed by atoms with Crippen molar-refractivity contribution in [3.8, 4) is 23.0 Å². The quantitative estimate of drug-likeness (QED) is 0.345. The van der Waals surface area contributed by atoms with Crippen molar-refractivity contribution in [1.82, 2.24) is 0 Å². The second-order valence-corrected chi connectivity index (χ2v) is 7.36. The summed E-state index contributed by atoms with van der Waals surface area (Å²) in [5.41, 5.74) is 1.38. The molecular formula is C23H34O7. The number of ether oxygens (including phenoxy) is 5. The molecule has 1 atom stereocenters. The van der Waals surface area contributed by atoms with Crippen LogP contribution in [0, 0.1) is 5.92 Å². The van der Waals surface area contributed by atoms with Crippen molar-refractivity contribution in [2.75, 3.05) is 35.0 Å². The largest absolute Gasteiger partial charge is 0.492 e. The molecule has 1 aromatic carbocycles. The van der Waals surface area contributed by atoms with Crippen LogP contribution in [0.1, 0.15) is 67.8 Å². The number of hydrogen-bond acceptors (Lipinski definition) is 7. The lowest BCUT2D eigenvalue weighted by atomic mass is 9.96. The highest BCUT2D eigenvalue weighted by Gasteiger charge is 2.39. The molecule has 0 saturated heterocycles. The molecule has 168 valence electrons. The lowest BCUT2D eigenvalue weighted by molar-refractivity contribution is -0.143. The van der Waals surface area contributed by atoms with Gasteiger partial charge in [0.25, 0.3) is 0 Å². The van der Waals surface area contributed by atoms with E-state index in [1.165, 1.54) is 14.2 Å². The predicted molar refractivity (Wildman–Crippen MR) is 113 cm³/mol. The molecule has 0 bridgehead atoms. The summed E-state index contributed by atoms with van der Waals surface area (Å²) in [5.74, 6) is 1.64. The minimum atomic E-state index is -0.124. The third-order valence-electron chi connectivity index (χ3n) is 5.54. The summed E-state index contributed by atoms with van der Waals surface area (Å²) in [5, 5.41) is 0. The summed E-state index contributed by atoms with van der Waals surface area (Å²) in [7, 11) is 6.16. The molecule has 1 aliphatic carbocycles. The van der Waals surface area contributed by atoms with Crippen molar-refractivity contribution in [3.05, 3.63) is 11.1 Å². The average Bonchev–Trinajstić information content (AvgIpc) is 3.07. The second kappa shape index (κ2) is 11.7. The first-order valence-electron chi connectivity index (χ1n) is 10.6. The monoisotopic (exact) mass is 422 g/mol. The summed E-state index contributed by atoms with van der Waals surface area (Å²) in [6, 6.07) is 0. The van der Waals surface area contributed by atoms with Crippen LogP contribution in [0.5, 0.6) is 23.0 Å². The fourth-order valence-electron chi connectivity index (χ4n) is 4.14. The molecule has 2 rings (SSSR count). The standard InChI is InChI=1S/C23H34O7/c1-6-30-17(24)13-11-9-7-8-10-12-15-14-16-18(19(15)25)21(27-3)23(29-5)22(28-4)20(16)26-2/h15H,6-14H2,1-5H3. The zero-order chi connectivity index (χ0) is 22.1. The summed E-state index contributed by atoms with van der Waals surface area (Å²) >= 11 is 0. The molecule has 0 spiro atoms.